The Morgan fingerprint density at radius 3 is 2.53 bits per heavy atom. The third-order valence-electron chi connectivity index (χ3n) is 2.33. The highest BCUT2D eigenvalue weighted by Crippen LogP contribution is 2.30. The normalized spacial score (nSPS) is 12.6. The molecule has 0 saturated carbocycles. The van der Waals surface area contributed by atoms with E-state index >= 15 is 0 Å². The maximum Gasteiger partial charge on any atom is 0.161 e. The Morgan fingerprint density at radius 2 is 2.00 bits per heavy atom. The monoisotopic (exact) mass is 239 g/mol. The number of likely N-dealkylation sites (N-methyl/N-ethyl adjacent to an activating group) is 1. The van der Waals surface area contributed by atoms with Crippen molar-refractivity contribution in [2.75, 3.05) is 20.7 Å². The summed E-state index contributed by atoms with van der Waals surface area (Å²) in [4.78, 5) is 0. The minimum Gasteiger partial charge on any atom is -0.493 e. The summed E-state index contributed by atoms with van der Waals surface area (Å²) >= 11 is 0. The molecular formula is C13H21NO3. The highest BCUT2D eigenvalue weighted by atomic mass is 16.5. The maximum absolute atomic E-state index is 9.88. The van der Waals surface area contributed by atoms with Crippen LogP contribution in [0.2, 0.25) is 0 Å². The summed E-state index contributed by atoms with van der Waals surface area (Å²) < 4.78 is 10.9. The van der Waals surface area contributed by atoms with Gasteiger partial charge >= 0.3 is 0 Å². The van der Waals surface area contributed by atoms with Crippen molar-refractivity contribution in [1.29, 1.82) is 0 Å². The number of rotatable bonds is 6. The molecule has 0 bridgehead atoms. The summed E-state index contributed by atoms with van der Waals surface area (Å²) in [5.74, 6) is 1.34. The molecule has 0 saturated heterocycles. The van der Waals surface area contributed by atoms with Gasteiger partial charge in [0.15, 0.2) is 11.5 Å². The average Bonchev–Trinajstić information content (AvgIpc) is 2.28. The SMILES string of the molecule is CNCC(O)c1ccc(OC)c(OC(C)C)c1. The first-order valence-electron chi connectivity index (χ1n) is 5.75. The predicted octanol–water partition coefficient (Wildman–Crippen LogP) is 1.74. The Hall–Kier alpha value is -1.26. The topological polar surface area (TPSA) is 50.7 Å². The van der Waals surface area contributed by atoms with Gasteiger partial charge in [0.25, 0.3) is 0 Å². The van der Waals surface area contributed by atoms with Gasteiger partial charge in [0.05, 0.1) is 19.3 Å². The Morgan fingerprint density at radius 1 is 1.29 bits per heavy atom. The highest BCUT2D eigenvalue weighted by molar-refractivity contribution is 5.43. The van der Waals surface area contributed by atoms with Gasteiger partial charge in [-0.3, -0.25) is 0 Å². The van der Waals surface area contributed by atoms with Crippen molar-refractivity contribution in [2.24, 2.45) is 0 Å². The first-order chi connectivity index (χ1) is 8.08. The lowest BCUT2D eigenvalue weighted by molar-refractivity contribution is 0.176. The van der Waals surface area contributed by atoms with Crippen molar-refractivity contribution < 1.29 is 14.6 Å². The van der Waals surface area contributed by atoms with Crippen LogP contribution in [0.3, 0.4) is 0 Å². The molecule has 0 aliphatic carbocycles. The zero-order chi connectivity index (χ0) is 12.8. The molecule has 1 unspecified atom stereocenters. The van der Waals surface area contributed by atoms with Crippen molar-refractivity contribution in [3.63, 3.8) is 0 Å². The predicted molar refractivity (Wildman–Crippen MR) is 67.6 cm³/mol. The van der Waals surface area contributed by atoms with Gasteiger partial charge in [-0.05, 0) is 38.6 Å². The minimum atomic E-state index is -0.541. The zero-order valence-corrected chi connectivity index (χ0v) is 10.9. The lowest BCUT2D eigenvalue weighted by atomic mass is 10.1. The second-order valence-electron chi connectivity index (χ2n) is 4.15. The third-order valence-corrected chi connectivity index (χ3v) is 2.33. The van der Waals surface area contributed by atoms with Crippen molar-refractivity contribution in [3.05, 3.63) is 23.8 Å². The number of hydrogen-bond acceptors (Lipinski definition) is 4. The molecule has 4 heteroatoms. The summed E-state index contributed by atoms with van der Waals surface area (Å²) in [5.41, 5.74) is 0.816. The lowest BCUT2D eigenvalue weighted by Crippen LogP contribution is -2.17. The van der Waals surface area contributed by atoms with E-state index < -0.39 is 6.10 Å². The van der Waals surface area contributed by atoms with Gasteiger partial charge in [-0.1, -0.05) is 6.07 Å². The van der Waals surface area contributed by atoms with Gasteiger partial charge in [-0.15, -0.1) is 0 Å². The quantitative estimate of drug-likeness (QED) is 0.794. The fraction of sp³-hybridized carbons (Fsp3) is 0.538. The van der Waals surface area contributed by atoms with Gasteiger partial charge in [-0.25, -0.2) is 0 Å². The molecule has 0 spiro atoms. The summed E-state index contributed by atoms with van der Waals surface area (Å²) in [6.07, 6.45) is -0.471. The van der Waals surface area contributed by atoms with Crippen LogP contribution in [0.5, 0.6) is 11.5 Å². The zero-order valence-electron chi connectivity index (χ0n) is 10.9. The Labute approximate surface area is 103 Å². The average molecular weight is 239 g/mol. The summed E-state index contributed by atoms with van der Waals surface area (Å²) in [6, 6.07) is 5.47. The highest BCUT2D eigenvalue weighted by Gasteiger charge is 2.12. The molecule has 0 aliphatic heterocycles. The van der Waals surface area contributed by atoms with E-state index in [0.717, 1.165) is 5.56 Å². The number of aliphatic hydroxyl groups excluding tert-OH is 1. The van der Waals surface area contributed by atoms with Crippen LogP contribution in [-0.2, 0) is 0 Å². The largest absolute Gasteiger partial charge is 0.493 e. The Kier molecular flexibility index (Phi) is 5.25. The number of hydrogen-bond donors (Lipinski definition) is 2. The molecular weight excluding hydrogens is 218 g/mol. The van der Waals surface area contributed by atoms with E-state index in [4.69, 9.17) is 9.47 Å². The molecule has 1 aromatic carbocycles. The van der Waals surface area contributed by atoms with Crippen LogP contribution in [0.25, 0.3) is 0 Å². The van der Waals surface area contributed by atoms with Gasteiger partial charge in [0.1, 0.15) is 0 Å². The summed E-state index contributed by atoms with van der Waals surface area (Å²) in [5, 5.41) is 12.8. The third kappa shape index (κ3) is 3.91. The molecule has 96 valence electrons. The van der Waals surface area contributed by atoms with E-state index in [1.807, 2.05) is 32.0 Å². The number of ether oxygens (including phenoxy) is 2. The van der Waals surface area contributed by atoms with Crippen LogP contribution in [0, 0.1) is 0 Å². The number of nitrogens with one attached hydrogen (secondary N) is 1. The standard InChI is InChI=1S/C13H21NO3/c1-9(2)17-13-7-10(11(15)8-14-3)5-6-12(13)16-4/h5-7,9,11,14-15H,8H2,1-4H3. The van der Waals surface area contributed by atoms with Crippen LogP contribution in [0.4, 0.5) is 0 Å². The van der Waals surface area contributed by atoms with E-state index in [9.17, 15) is 5.11 Å². The Bertz CT molecular complexity index is 353. The fourth-order valence-electron chi connectivity index (χ4n) is 1.56. The van der Waals surface area contributed by atoms with E-state index in [1.54, 1.807) is 14.2 Å². The number of methoxy groups -OCH3 is 1. The molecule has 0 aliphatic rings. The Balaban J connectivity index is 2.95. The van der Waals surface area contributed by atoms with Crippen molar-refractivity contribution >= 4 is 0 Å². The van der Waals surface area contributed by atoms with Gasteiger partial charge in [-0.2, -0.15) is 0 Å². The molecule has 0 amide bonds. The molecule has 2 N–H and O–H groups in total. The molecule has 0 aromatic heterocycles. The van der Waals surface area contributed by atoms with Crippen LogP contribution >= 0.6 is 0 Å². The van der Waals surface area contributed by atoms with Gasteiger partial charge in [0.2, 0.25) is 0 Å². The molecule has 0 radical (unpaired) electrons. The summed E-state index contributed by atoms with van der Waals surface area (Å²) in [6.45, 7) is 4.42. The molecule has 0 fully saturated rings. The van der Waals surface area contributed by atoms with E-state index in [-0.39, 0.29) is 6.10 Å². The molecule has 17 heavy (non-hydrogen) atoms. The maximum atomic E-state index is 9.88. The van der Waals surface area contributed by atoms with Gasteiger partial charge in [0, 0.05) is 6.54 Å². The smallest absolute Gasteiger partial charge is 0.161 e. The van der Waals surface area contributed by atoms with Crippen LogP contribution in [-0.4, -0.2) is 31.9 Å². The number of benzene rings is 1. The van der Waals surface area contributed by atoms with Crippen LogP contribution in [0.15, 0.2) is 18.2 Å². The number of aliphatic hydroxyl groups is 1. The van der Waals surface area contributed by atoms with E-state index in [2.05, 4.69) is 5.32 Å². The first-order valence-corrected chi connectivity index (χ1v) is 5.75. The minimum absolute atomic E-state index is 0.0700. The molecule has 0 heterocycles. The second kappa shape index (κ2) is 6.47. The molecule has 1 rings (SSSR count). The van der Waals surface area contributed by atoms with Crippen molar-refractivity contribution in [2.45, 2.75) is 26.1 Å². The molecule has 1 aromatic rings. The van der Waals surface area contributed by atoms with E-state index in [1.165, 1.54) is 0 Å². The molecule has 4 nitrogen and oxygen atoms in total. The van der Waals surface area contributed by atoms with E-state index in [0.29, 0.717) is 18.0 Å². The second-order valence-corrected chi connectivity index (χ2v) is 4.15. The first kappa shape index (κ1) is 13.8. The van der Waals surface area contributed by atoms with Crippen LogP contribution in [0.1, 0.15) is 25.5 Å². The molecule has 1 atom stereocenters. The van der Waals surface area contributed by atoms with Crippen molar-refractivity contribution in [1.82, 2.24) is 5.32 Å². The summed E-state index contributed by atoms with van der Waals surface area (Å²) in [7, 11) is 3.41. The lowest BCUT2D eigenvalue weighted by Gasteiger charge is -2.16. The van der Waals surface area contributed by atoms with Crippen LogP contribution < -0.4 is 14.8 Å². The van der Waals surface area contributed by atoms with Gasteiger partial charge < -0.3 is 19.9 Å². The van der Waals surface area contributed by atoms with Crippen molar-refractivity contribution in [3.8, 4) is 11.5 Å². The fourth-order valence-corrected chi connectivity index (χ4v) is 1.56.